The maximum absolute atomic E-state index is 12.3. The number of hydrogen-bond donors (Lipinski definition) is 1. The van der Waals surface area contributed by atoms with Crippen LogP contribution in [-0.4, -0.2) is 27.4 Å². The van der Waals surface area contributed by atoms with E-state index < -0.39 is 12.2 Å². The van der Waals surface area contributed by atoms with Gasteiger partial charge in [0.15, 0.2) is 17.6 Å². The summed E-state index contributed by atoms with van der Waals surface area (Å²) in [7, 11) is 4.65. The van der Waals surface area contributed by atoms with Gasteiger partial charge in [-0.2, -0.15) is 0 Å². The van der Waals surface area contributed by atoms with Crippen molar-refractivity contribution in [1.29, 1.82) is 0 Å². The Labute approximate surface area is 156 Å². The first-order chi connectivity index (χ1) is 13.2. The molecule has 1 atom stereocenters. The van der Waals surface area contributed by atoms with E-state index in [9.17, 15) is 4.79 Å². The quantitative estimate of drug-likeness (QED) is 0.736. The standard InChI is InChI=1S/C21H19NO5/c1-24-16-10-13(11-17(25-2)20(16)26-3)19-15-9-8-12-6-4-5-7-14(12)18(15)22-21(23)27-19/h4-11,19H,1-3H3,(H,22,23). The molecule has 0 radical (unpaired) electrons. The lowest BCUT2D eigenvalue weighted by Crippen LogP contribution is -2.25. The van der Waals surface area contributed by atoms with Crippen molar-refractivity contribution in [2.75, 3.05) is 26.6 Å². The van der Waals surface area contributed by atoms with Crippen LogP contribution in [-0.2, 0) is 4.74 Å². The summed E-state index contributed by atoms with van der Waals surface area (Å²) >= 11 is 0. The number of carbonyl (C=O) groups is 1. The number of anilines is 1. The summed E-state index contributed by atoms with van der Waals surface area (Å²) in [6, 6.07) is 15.5. The van der Waals surface area contributed by atoms with E-state index in [2.05, 4.69) is 5.32 Å². The first-order valence-corrected chi connectivity index (χ1v) is 8.45. The van der Waals surface area contributed by atoms with Gasteiger partial charge >= 0.3 is 6.09 Å². The molecule has 1 aliphatic heterocycles. The number of cyclic esters (lactones) is 1. The highest BCUT2D eigenvalue weighted by atomic mass is 16.6. The highest BCUT2D eigenvalue weighted by Crippen LogP contribution is 2.45. The van der Waals surface area contributed by atoms with E-state index in [4.69, 9.17) is 18.9 Å². The molecule has 1 N–H and O–H groups in total. The van der Waals surface area contributed by atoms with E-state index in [1.54, 1.807) is 33.5 Å². The van der Waals surface area contributed by atoms with Gasteiger partial charge in [0.2, 0.25) is 5.75 Å². The largest absolute Gasteiger partial charge is 0.493 e. The maximum atomic E-state index is 12.3. The Hall–Kier alpha value is -3.41. The third kappa shape index (κ3) is 2.79. The molecule has 3 aromatic rings. The van der Waals surface area contributed by atoms with Crippen LogP contribution in [0, 0.1) is 0 Å². The number of hydrogen-bond acceptors (Lipinski definition) is 5. The molecule has 6 heteroatoms. The fraction of sp³-hybridized carbons (Fsp3) is 0.190. The average molecular weight is 365 g/mol. The molecule has 1 unspecified atom stereocenters. The molecule has 1 heterocycles. The number of amides is 1. The Morgan fingerprint density at radius 2 is 1.63 bits per heavy atom. The van der Waals surface area contributed by atoms with Crippen molar-refractivity contribution in [2.24, 2.45) is 0 Å². The third-order valence-corrected chi connectivity index (χ3v) is 4.69. The van der Waals surface area contributed by atoms with Crippen LogP contribution < -0.4 is 19.5 Å². The molecule has 6 nitrogen and oxygen atoms in total. The molecule has 27 heavy (non-hydrogen) atoms. The molecule has 0 bridgehead atoms. The first-order valence-electron chi connectivity index (χ1n) is 8.45. The molecule has 0 spiro atoms. The summed E-state index contributed by atoms with van der Waals surface area (Å²) in [5.74, 6) is 1.50. The second-order valence-corrected chi connectivity index (χ2v) is 6.12. The van der Waals surface area contributed by atoms with Crippen molar-refractivity contribution in [3.63, 3.8) is 0 Å². The Bertz CT molecular complexity index is 1010. The molecule has 0 aromatic heterocycles. The predicted molar refractivity (Wildman–Crippen MR) is 102 cm³/mol. The summed E-state index contributed by atoms with van der Waals surface area (Å²) in [6.07, 6.45) is -1.09. The smallest absolute Gasteiger partial charge is 0.412 e. The van der Waals surface area contributed by atoms with Crippen LogP contribution in [0.2, 0.25) is 0 Å². The van der Waals surface area contributed by atoms with Crippen molar-refractivity contribution in [2.45, 2.75) is 6.10 Å². The highest BCUT2D eigenvalue weighted by molar-refractivity contribution is 6.03. The van der Waals surface area contributed by atoms with E-state index >= 15 is 0 Å². The van der Waals surface area contributed by atoms with Crippen LogP contribution in [0.3, 0.4) is 0 Å². The highest BCUT2D eigenvalue weighted by Gasteiger charge is 2.30. The van der Waals surface area contributed by atoms with E-state index in [1.165, 1.54) is 0 Å². The van der Waals surface area contributed by atoms with Crippen molar-refractivity contribution >= 4 is 22.6 Å². The number of nitrogens with one attached hydrogen (secondary N) is 1. The van der Waals surface area contributed by atoms with Crippen LogP contribution >= 0.6 is 0 Å². The van der Waals surface area contributed by atoms with Gasteiger partial charge in [-0.1, -0.05) is 36.4 Å². The SMILES string of the molecule is COc1cc(C2OC(=O)Nc3c2ccc2ccccc32)cc(OC)c1OC. The van der Waals surface area contributed by atoms with Gasteiger partial charge in [-0.05, 0) is 17.5 Å². The van der Waals surface area contributed by atoms with Crippen LogP contribution in [0.25, 0.3) is 10.8 Å². The number of carbonyl (C=O) groups excluding carboxylic acids is 1. The van der Waals surface area contributed by atoms with Crippen molar-refractivity contribution in [1.82, 2.24) is 0 Å². The monoisotopic (exact) mass is 365 g/mol. The summed E-state index contributed by atoms with van der Waals surface area (Å²) < 4.78 is 21.9. The van der Waals surface area contributed by atoms with E-state index in [-0.39, 0.29) is 0 Å². The molecular formula is C21H19NO5. The molecule has 1 amide bonds. The van der Waals surface area contributed by atoms with Gasteiger partial charge < -0.3 is 18.9 Å². The van der Waals surface area contributed by atoms with E-state index in [0.29, 0.717) is 17.2 Å². The van der Waals surface area contributed by atoms with Gasteiger partial charge in [0.1, 0.15) is 0 Å². The Kier molecular flexibility index (Phi) is 4.24. The summed E-state index contributed by atoms with van der Waals surface area (Å²) in [6.45, 7) is 0. The normalized spacial score (nSPS) is 15.5. The summed E-state index contributed by atoms with van der Waals surface area (Å²) in [4.78, 5) is 12.3. The second-order valence-electron chi connectivity index (χ2n) is 6.12. The maximum Gasteiger partial charge on any atom is 0.412 e. The molecule has 0 fully saturated rings. The fourth-order valence-electron chi connectivity index (χ4n) is 3.45. The lowest BCUT2D eigenvalue weighted by molar-refractivity contribution is 0.126. The molecule has 4 rings (SSSR count). The van der Waals surface area contributed by atoms with Crippen molar-refractivity contribution in [3.8, 4) is 17.2 Å². The minimum absolute atomic E-state index is 0.489. The predicted octanol–water partition coefficient (Wildman–Crippen LogP) is 4.52. The van der Waals surface area contributed by atoms with Gasteiger partial charge in [-0.15, -0.1) is 0 Å². The number of fused-ring (bicyclic) bond motifs is 3. The Morgan fingerprint density at radius 1 is 0.926 bits per heavy atom. The van der Waals surface area contributed by atoms with Crippen molar-refractivity contribution < 1.29 is 23.7 Å². The summed E-state index contributed by atoms with van der Waals surface area (Å²) in [5, 5.41) is 4.84. The van der Waals surface area contributed by atoms with Gasteiger partial charge in [-0.25, -0.2) is 4.79 Å². The van der Waals surface area contributed by atoms with Crippen LogP contribution in [0.4, 0.5) is 10.5 Å². The van der Waals surface area contributed by atoms with Gasteiger partial charge in [0.25, 0.3) is 0 Å². The van der Waals surface area contributed by atoms with Crippen molar-refractivity contribution in [3.05, 3.63) is 59.7 Å². The average Bonchev–Trinajstić information content (AvgIpc) is 2.71. The zero-order valence-electron chi connectivity index (χ0n) is 15.2. The molecule has 3 aromatic carbocycles. The minimum Gasteiger partial charge on any atom is -0.493 e. The number of benzene rings is 3. The van der Waals surface area contributed by atoms with Gasteiger partial charge in [0, 0.05) is 16.5 Å². The molecule has 1 aliphatic rings. The number of rotatable bonds is 4. The lowest BCUT2D eigenvalue weighted by Gasteiger charge is -2.28. The van der Waals surface area contributed by atoms with Crippen LogP contribution in [0.5, 0.6) is 17.2 Å². The third-order valence-electron chi connectivity index (χ3n) is 4.69. The summed E-state index contributed by atoms with van der Waals surface area (Å²) in [5.41, 5.74) is 2.35. The number of methoxy groups -OCH3 is 3. The second kappa shape index (κ2) is 6.72. The molecule has 0 saturated heterocycles. The molecular weight excluding hydrogens is 346 g/mol. The Morgan fingerprint density at radius 3 is 2.30 bits per heavy atom. The minimum atomic E-state index is -0.591. The van der Waals surface area contributed by atoms with Crippen LogP contribution in [0.15, 0.2) is 48.5 Å². The fourth-order valence-corrected chi connectivity index (χ4v) is 3.45. The topological polar surface area (TPSA) is 66.0 Å². The molecule has 138 valence electrons. The van der Waals surface area contributed by atoms with Gasteiger partial charge in [-0.3, -0.25) is 5.32 Å². The lowest BCUT2D eigenvalue weighted by atomic mass is 9.94. The molecule has 0 aliphatic carbocycles. The van der Waals surface area contributed by atoms with E-state index in [0.717, 1.165) is 27.6 Å². The van der Waals surface area contributed by atoms with Gasteiger partial charge in [0.05, 0.1) is 27.0 Å². The number of ether oxygens (including phenoxy) is 4. The zero-order chi connectivity index (χ0) is 19.0. The molecule has 0 saturated carbocycles. The Balaban J connectivity index is 1.91. The first kappa shape index (κ1) is 17.0. The van der Waals surface area contributed by atoms with E-state index in [1.807, 2.05) is 36.4 Å². The van der Waals surface area contributed by atoms with Crippen LogP contribution in [0.1, 0.15) is 17.2 Å². The zero-order valence-corrected chi connectivity index (χ0v) is 15.2.